The number of hydrogen-bond donors (Lipinski definition) is 1. The van der Waals surface area contributed by atoms with Crippen molar-refractivity contribution in [2.75, 3.05) is 6.54 Å². The summed E-state index contributed by atoms with van der Waals surface area (Å²) >= 11 is 0. The van der Waals surface area contributed by atoms with Crippen LogP contribution in [-0.4, -0.2) is 16.3 Å². The summed E-state index contributed by atoms with van der Waals surface area (Å²) in [6.07, 6.45) is 1.17. The molecule has 1 atom stereocenters. The lowest BCUT2D eigenvalue weighted by Crippen LogP contribution is -2.22. The van der Waals surface area contributed by atoms with Crippen molar-refractivity contribution in [1.29, 1.82) is 0 Å². The third-order valence-electron chi connectivity index (χ3n) is 2.38. The first-order chi connectivity index (χ1) is 6.69. The Morgan fingerprint density at radius 3 is 2.79 bits per heavy atom. The smallest absolute Gasteiger partial charge is 0.0597 e. The second-order valence-corrected chi connectivity index (χ2v) is 3.70. The van der Waals surface area contributed by atoms with Crippen LogP contribution < -0.4 is 5.32 Å². The van der Waals surface area contributed by atoms with Gasteiger partial charge in [-0.05, 0) is 39.8 Å². The minimum absolute atomic E-state index is 0.399. The summed E-state index contributed by atoms with van der Waals surface area (Å²) in [6.45, 7) is 10.6. The third kappa shape index (κ3) is 2.58. The molecule has 0 aromatic carbocycles. The van der Waals surface area contributed by atoms with E-state index in [1.165, 1.54) is 12.1 Å². The van der Waals surface area contributed by atoms with Crippen LogP contribution in [-0.2, 0) is 6.54 Å². The number of aromatic nitrogens is 2. The Labute approximate surface area is 86.5 Å². The maximum atomic E-state index is 4.43. The van der Waals surface area contributed by atoms with Gasteiger partial charge in [-0.15, -0.1) is 0 Å². The monoisotopic (exact) mass is 195 g/mol. The van der Waals surface area contributed by atoms with E-state index in [4.69, 9.17) is 0 Å². The van der Waals surface area contributed by atoms with Crippen LogP contribution in [0.25, 0.3) is 0 Å². The zero-order valence-corrected chi connectivity index (χ0v) is 9.67. The number of aryl methyl sites for hydroxylation is 2. The van der Waals surface area contributed by atoms with Crippen molar-refractivity contribution in [3.63, 3.8) is 0 Å². The van der Waals surface area contributed by atoms with Crippen molar-refractivity contribution >= 4 is 0 Å². The summed E-state index contributed by atoms with van der Waals surface area (Å²) in [7, 11) is 0. The first kappa shape index (κ1) is 11.2. The van der Waals surface area contributed by atoms with Gasteiger partial charge in [-0.1, -0.05) is 6.92 Å². The summed E-state index contributed by atoms with van der Waals surface area (Å²) in [5.74, 6) is 0. The first-order valence-electron chi connectivity index (χ1n) is 5.46. The molecule has 1 unspecified atom stereocenters. The van der Waals surface area contributed by atoms with Crippen LogP contribution in [0.3, 0.4) is 0 Å². The van der Waals surface area contributed by atoms with Crippen LogP contribution in [0.5, 0.6) is 0 Å². The van der Waals surface area contributed by atoms with Gasteiger partial charge in [0.25, 0.3) is 0 Å². The molecule has 0 fully saturated rings. The van der Waals surface area contributed by atoms with E-state index in [1.54, 1.807) is 0 Å². The molecule has 0 amide bonds. The highest BCUT2D eigenvalue weighted by atomic mass is 15.3. The molecule has 1 heterocycles. The number of nitrogens with zero attached hydrogens (tertiary/aromatic N) is 2. The maximum Gasteiger partial charge on any atom is 0.0597 e. The number of rotatable bonds is 5. The molecule has 80 valence electrons. The molecule has 0 aliphatic rings. The lowest BCUT2D eigenvalue weighted by molar-refractivity contribution is 0.508. The van der Waals surface area contributed by atoms with E-state index in [0.717, 1.165) is 18.8 Å². The molecule has 0 aliphatic carbocycles. The normalized spacial score (nSPS) is 13.1. The van der Waals surface area contributed by atoms with Crippen molar-refractivity contribution in [3.8, 4) is 0 Å². The van der Waals surface area contributed by atoms with Gasteiger partial charge in [-0.2, -0.15) is 5.10 Å². The van der Waals surface area contributed by atoms with Crippen molar-refractivity contribution in [2.45, 2.75) is 46.7 Å². The van der Waals surface area contributed by atoms with E-state index in [0.29, 0.717) is 6.04 Å². The van der Waals surface area contributed by atoms with E-state index in [2.05, 4.69) is 41.9 Å². The molecule has 3 heteroatoms. The van der Waals surface area contributed by atoms with E-state index in [9.17, 15) is 0 Å². The van der Waals surface area contributed by atoms with E-state index < -0.39 is 0 Å². The molecular formula is C11H21N3. The molecule has 0 bridgehead atoms. The Balaban J connectivity index is 2.72. The Morgan fingerprint density at radius 1 is 1.50 bits per heavy atom. The van der Waals surface area contributed by atoms with Crippen LogP contribution in [0.4, 0.5) is 0 Å². The zero-order valence-electron chi connectivity index (χ0n) is 9.67. The lowest BCUT2D eigenvalue weighted by Gasteiger charge is -2.14. The second kappa shape index (κ2) is 5.15. The molecule has 0 saturated heterocycles. The van der Waals surface area contributed by atoms with Crippen molar-refractivity contribution in [1.82, 2.24) is 15.1 Å². The highest BCUT2D eigenvalue weighted by Crippen LogP contribution is 2.13. The molecule has 0 saturated carbocycles. The molecular weight excluding hydrogens is 174 g/mol. The van der Waals surface area contributed by atoms with Gasteiger partial charge < -0.3 is 5.32 Å². The Morgan fingerprint density at radius 2 is 2.21 bits per heavy atom. The summed E-state index contributed by atoms with van der Waals surface area (Å²) in [5, 5.41) is 7.91. The number of nitrogens with one attached hydrogen (secondary N) is 1. The first-order valence-corrected chi connectivity index (χ1v) is 5.46. The van der Waals surface area contributed by atoms with Crippen molar-refractivity contribution in [2.24, 2.45) is 0 Å². The summed E-state index contributed by atoms with van der Waals surface area (Å²) in [6, 6.07) is 2.56. The SMILES string of the molecule is CCCNC(C)c1cc(C)nn1CC. The standard InChI is InChI=1S/C11H21N3/c1-5-7-12-10(4)11-8-9(3)13-14(11)6-2/h8,10,12H,5-7H2,1-4H3. The van der Waals surface area contributed by atoms with Gasteiger partial charge in [0.2, 0.25) is 0 Å². The van der Waals surface area contributed by atoms with Gasteiger partial charge in [-0.3, -0.25) is 4.68 Å². The average molecular weight is 195 g/mol. The molecule has 0 radical (unpaired) electrons. The topological polar surface area (TPSA) is 29.9 Å². The molecule has 14 heavy (non-hydrogen) atoms. The molecule has 1 rings (SSSR count). The quantitative estimate of drug-likeness (QED) is 0.781. The van der Waals surface area contributed by atoms with Gasteiger partial charge in [0.05, 0.1) is 11.4 Å². The van der Waals surface area contributed by atoms with Crippen molar-refractivity contribution in [3.05, 3.63) is 17.5 Å². The second-order valence-electron chi connectivity index (χ2n) is 3.70. The molecule has 1 aromatic rings. The molecule has 1 aromatic heterocycles. The Hall–Kier alpha value is -0.830. The molecule has 0 aliphatic heterocycles. The Bertz CT molecular complexity index is 278. The highest BCUT2D eigenvalue weighted by Gasteiger charge is 2.10. The number of hydrogen-bond acceptors (Lipinski definition) is 2. The van der Waals surface area contributed by atoms with Gasteiger partial charge >= 0.3 is 0 Å². The zero-order chi connectivity index (χ0) is 10.6. The van der Waals surface area contributed by atoms with Gasteiger partial charge in [0, 0.05) is 12.6 Å². The third-order valence-corrected chi connectivity index (χ3v) is 2.38. The molecule has 0 spiro atoms. The fourth-order valence-corrected chi connectivity index (χ4v) is 1.63. The van der Waals surface area contributed by atoms with Gasteiger partial charge in [-0.25, -0.2) is 0 Å². The van der Waals surface area contributed by atoms with Crippen LogP contribution >= 0.6 is 0 Å². The average Bonchev–Trinajstić information content (AvgIpc) is 2.56. The summed E-state index contributed by atoms with van der Waals surface area (Å²) in [5.41, 5.74) is 2.39. The predicted octanol–water partition coefficient (Wildman–Crippen LogP) is 2.27. The van der Waals surface area contributed by atoms with Crippen molar-refractivity contribution < 1.29 is 0 Å². The highest BCUT2D eigenvalue weighted by molar-refractivity contribution is 5.12. The fraction of sp³-hybridized carbons (Fsp3) is 0.727. The lowest BCUT2D eigenvalue weighted by atomic mass is 10.2. The largest absolute Gasteiger partial charge is 0.309 e. The molecule has 1 N–H and O–H groups in total. The van der Waals surface area contributed by atoms with E-state index in [-0.39, 0.29) is 0 Å². The minimum atomic E-state index is 0.399. The predicted molar refractivity (Wildman–Crippen MR) is 59.3 cm³/mol. The van der Waals surface area contributed by atoms with Crippen LogP contribution in [0, 0.1) is 6.92 Å². The summed E-state index contributed by atoms with van der Waals surface area (Å²) in [4.78, 5) is 0. The van der Waals surface area contributed by atoms with E-state index >= 15 is 0 Å². The maximum absolute atomic E-state index is 4.43. The summed E-state index contributed by atoms with van der Waals surface area (Å²) < 4.78 is 2.07. The fourth-order valence-electron chi connectivity index (χ4n) is 1.63. The van der Waals surface area contributed by atoms with Gasteiger partial charge in [0.1, 0.15) is 0 Å². The van der Waals surface area contributed by atoms with Gasteiger partial charge in [0.15, 0.2) is 0 Å². The van der Waals surface area contributed by atoms with Crippen LogP contribution in [0.2, 0.25) is 0 Å². The van der Waals surface area contributed by atoms with Crippen LogP contribution in [0.15, 0.2) is 6.07 Å². The van der Waals surface area contributed by atoms with Crippen LogP contribution in [0.1, 0.15) is 44.6 Å². The minimum Gasteiger partial charge on any atom is -0.309 e. The molecule has 3 nitrogen and oxygen atoms in total. The Kier molecular flexibility index (Phi) is 4.14. The van der Waals surface area contributed by atoms with E-state index in [1.807, 2.05) is 6.92 Å².